The lowest BCUT2D eigenvalue weighted by atomic mass is 10.4. The van der Waals surface area contributed by atoms with Gasteiger partial charge in [-0.3, -0.25) is 9.59 Å². The van der Waals surface area contributed by atoms with Gasteiger partial charge in [0.1, 0.15) is 5.82 Å². The van der Waals surface area contributed by atoms with E-state index in [1.807, 2.05) is 0 Å². The van der Waals surface area contributed by atoms with Gasteiger partial charge >= 0.3 is 0 Å². The molecule has 1 aliphatic heterocycles. The molecule has 0 unspecified atom stereocenters. The molecule has 1 aromatic heterocycles. The van der Waals surface area contributed by atoms with Crippen LogP contribution in [0.15, 0.2) is 12.3 Å². The predicted molar refractivity (Wildman–Crippen MR) is 56.0 cm³/mol. The zero-order chi connectivity index (χ0) is 11.0. The molecule has 0 aromatic carbocycles. The van der Waals surface area contributed by atoms with Crippen LogP contribution in [0.25, 0.3) is 0 Å². The topological polar surface area (TPSA) is 50.3 Å². The van der Waals surface area contributed by atoms with Crippen LogP contribution in [0.3, 0.4) is 0 Å². The van der Waals surface area contributed by atoms with Crippen LogP contribution in [0.5, 0.6) is 0 Å². The first-order valence-electron chi connectivity index (χ1n) is 4.26. The van der Waals surface area contributed by atoms with Crippen LogP contribution in [0.1, 0.15) is 12.8 Å². The molecule has 1 aliphatic rings. The van der Waals surface area contributed by atoms with E-state index in [-0.39, 0.29) is 35.5 Å². The summed E-state index contributed by atoms with van der Waals surface area (Å²) in [6.45, 7) is 0. The Balaban J connectivity index is 2.41. The quantitative estimate of drug-likeness (QED) is 0.711. The van der Waals surface area contributed by atoms with E-state index in [9.17, 15) is 9.59 Å². The van der Waals surface area contributed by atoms with Gasteiger partial charge in [-0.1, -0.05) is 23.2 Å². The summed E-state index contributed by atoms with van der Waals surface area (Å²) in [7, 11) is 0. The van der Waals surface area contributed by atoms with Gasteiger partial charge in [0.25, 0.3) is 0 Å². The Labute approximate surface area is 95.8 Å². The Hall–Kier alpha value is -1.13. The molecule has 0 saturated carbocycles. The first kappa shape index (κ1) is 10.4. The van der Waals surface area contributed by atoms with Gasteiger partial charge in [-0.15, -0.1) is 0 Å². The molecule has 2 heterocycles. The fourth-order valence-electron chi connectivity index (χ4n) is 1.36. The lowest BCUT2D eigenvalue weighted by Gasteiger charge is -2.12. The molecule has 4 nitrogen and oxygen atoms in total. The number of amides is 2. The molecule has 1 saturated heterocycles. The van der Waals surface area contributed by atoms with Gasteiger partial charge in [0, 0.05) is 25.1 Å². The Bertz CT molecular complexity index is 432. The van der Waals surface area contributed by atoms with Crippen molar-refractivity contribution in [1.29, 1.82) is 0 Å². The van der Waals surface area contributed by atoms with Gasteiger partial charge in [-0.25, -0.2) is 9.88 Å². The third kappa shape index (κ3) is 1.82. The summed E-state index contributed by atoms with van der Waals surface area (Å²) >= 11 is 11.4. The van der Waals surface area contributed by atoms with E-state index in [0.717, 1.165) is 4.90 Å². The largest absolute Gasteiger partial charge is 0.274 e. The normalized spacial score (nSPS) is 16.3. The van der Waals surface area contributed by atoms with Crippen molar-refractivity contribution in [3.05, 3.63) is 22.3 Å². The summed E-state index contributed by atoms with van der Waals surface area (Å²) in [4.78, 5) is 27.7. The Morgan fingerprint density at radius 1 is 1.13 bits per heavy atom. The monoisotopic (exact) mass is 244 g/mol. The molecule has 2 amide bonds. The summed E-state index contributed by atoms with van der Waals surface area (Å²) in [5.41, 5.74) is 0. The van der Waals surface area contributed by atoms with E-state index in [4.69, 9.17) is 23.2 Å². The maximum absolute atomic E-state index is 11.4. The number of halogens is 2. The van der Waals surface area contributed by atoms with E-state index in [1.165, 1.54) is 12.3 Å². The van der Waals surface area contributed by atoms with E-state index < -0.39 is 0 Å². The molecule has 2 rings (SSSR count). The molecule has 6 heteroatoms. The highest BCUT2D eigenvalue weighted by Gasteiger charge is 2.31. The van der Waals surface area contributed by atoms with Gasteiger partial charge in [0.15, 0.2) is 0 Å². The molecule has 15 heavy (non-hydrogen) atoms. The molecule has 78 valence electrons. The lowest BCUT2D eigenvalue weighted by Crippen LogP contribution is -2.29. The SMILES string of the molecule is O=C1CCC(=O)N1c1cc(Cl)c(Cl)cn1. The van der Waals surface area contributed by atoms with Crippen molar-refractivity contribution < 1.29 is 9.59 Å². The summed E-state index contributed by atoms with van der Waals surface area (Å²) < 4.78 is 0. The second-order valence-corrected chi connectivity index (χ2v) is 3.89. The van der Waals surface area contributed by atoms with Crippen molar-refractivity contribution in [2.45, 2.75) is 12.8 Å². The highest BCUT2D eigenvalue weighted by Crippen LogP contribution is 2.27. The number of rotatable bonds is 1. The third-order valence-electron chi connectivity index (χ3n) is 2.07. The Morgan fingerprint density at radius 3 is 2.27 bits per heavy atom. The Kier molecular flexibility index (Phi) is 2.63. The molecule has 1 aromatic rings. The number of hydrogen-bond acceptors (Lipinski definition) is 3. The number of carbonyl (C=O) groups excluding carboxylic acids is 2. The fraction of sp³-hybridized carbons (Fsp3) is 0.222. The van der Waals surface area contributed by atoms with Crippen molar-refractivity contribution in [2.75, 3.05) is 4.90 Å². The zero-order valence-electron chi connectivity index (χ0n) is 7.54. The highest BCUT2D eigenvalue weighted by molar-refractivity contribution is 6.42. The van der Waals surface area contributed by atoms with Crippen molar-refractivity contribution in [2.24, 2.45) is 0 Å². The maximum atomic E-state index is 11.4. The third-order valence-corrected chi connectivity index (χ3v) is 2.79. The summed E-state index contributed by atoms with van der Waals surface area (Å²) in [6, 6.07) is 1.41. The van der Waals surface area contributed by atoms with Crippen molar-refractivity contribution in [3.8, 4) is 0 Å². The molecule has 1 fully saturated rings. The highest BCUT2D eigenvalue weighted by atomic mass is 35.5. The van der Waals surface area contributed by atoms with Gasteiger partial charge in [-0.05, 0) is 0 Å². The van der Waals surface area contributed by atoms with E-state index in [0.29, 0.717) is 5.02 Å². The van der Waals surface area contributed by atoms with Crippen molar-refractivity contribution in [1.82, 2.24) is 4.98 Å². The number of imide groups is 1. The van der Waals surface area contributed by atoms with Crippen LogP contribution in [0.4, 0.5) is 5.82 Å². The summed E-state index contributed by atoms with van der Waals surface area (Å²) in [5.74, 6) is -0.284. The summed E-state index contributed by atoms with van der Waals surface area (Å²) in [5, 5.41) is 0.564. The fourth-order valence-corrected chi connectivity index (χ4v) is 1.61. The Morgan fingerprint density at radius 2 is 1.73 bits per heavy atom. The molecule has 0 N–H and O–H groups in total. The molecular weight excluding hydrogens is 239 g/mol. The second-order valence-electron chi connectivity index (χ2n) is 3.08. The van der Waals surface area contributed by atoms with Crippen LogP contribution in [0.2, 0.25) is 10.0 Å². The van der Waals surface area contributed by atoms with E-state index in [1.54, 1.807) is 0 Å². The molecule has 0 bridgehead atoms. The van der Waals surface area contributed by atoms with E-state index >= 15 is 0 Å². The van der Waals surface area contributed by atoms with Gasteiger partial charge in [0.2, 0.25) is 11.8 Å². The average Bonchev–Trinajstić information content (AvgIpc) is 2.52. The van der Waals surface area contributed by atoms with Gasteiger partial charge in [0.05, 0.1) is 10.0 Å². The van der Waals surface area contributed by atoms with Crippen molar-refractivity contribution >= 4 is 40.8 Å². The number of anilines is 1. The first-order valence-corrected chi connectivity index (χ1v) is 5.02. The van der Waals surface area contributed by atoms with Crippen molar-refractivity contribution in [3.63, 3.8) is 0 Å². The minimum atomic E-state index is -0.258. The molecule has 0 aliphatic carbocycles. The summed E-state index contributed by atoms with van der Waals surface area (Å²) in [6.07, 6.45) is 1.76. The van der Waals surface area contributed by atoms with Crippen LogP contribution < -0.4 is 4.90 Å². The lowest BCUT2D eigenvalue weighted by molar-refractivity contribution is -0.121. The zero-order valence-corrected chi connectivity index (χ0v) is 9.05. The second kappa shape index (κ2) is 3.79. The van der Waals surface area contributed by atoms with Gasteiger partial charge < -0.3 is 0 Å². The maximum Gasteiger partial charge on any atom is 0.235 e. The standard InChI is InChI=1S/C9H6Cl2N2O2/c10-5-3-7(12-4-6(5)11)13-8(14)1-2-9(13)15/h3-4H,1-2H2. The number of nitrogens with zero attached hydrogens (tertiary/aromatic N) is 2. The number of aromatic nitrogens is 1. The average molecular weight is 245 g/mol. The van der Waals surface area contributed by atoms with Crippen LogP contribution in [-0.2, 0) is 9.59 Å². The minimum Gasteiger partial charge on any atom is -0.274 e. The first-order chi connectivity index (χ1) is 7.09. The molecule has 0 radical (unpaired) electrons. The van der Waals surface area contributed by atoms with E-state index in [2.05, 4.69) is 4.98 Å². The number of pyridine rings is 1. The number of carbonyl (C=O) groups is 2. The van der Waals surface area contributed by atoms with Crippen LogP contribution >= 0.6 is 23.2 Å². The molecule has 0 spiro atoms. The van der Waals surface area contributed by atoms with Crippen LogP contribution in [-0.4, -0.2) is 16.8 Å². The predicted octanol–water partition coefficient (Wildman–Crippen LogP) is 2.04. The van der Waals surface area contributed by atoms with Crippen LogP contribution in [0, 0.1) is 0 Å². The minimum absolute atomic E-state index is 0.223. The number of hydrogen-bond donors (Lipinski definition) is 0. The molecular formula is C9H6Cl2N2O2. The smallest absolute Gasteiger partial charge is 0.235 e. The molecule has 0 atom stereocenters. The van der Waals surface area contributed by atoms with Gasteiger partial charge in [-0.2, -0.15) is 0 Å².